The van der Waals surface area contributed by atoms with Crippen LogP contribution in [-0.2, 0) is 24.8 Å². The maximum absolute atomic E-state index is 12.5. The molecule has 1 aliphatic carbocycles. The van der Waals surface area contributed by atoms with E-state index in [2.05, 4.69) is 13.8 Å². The Hall–Kier alpha value is -2.18. The van der Waals surface area contributed by atoms with Crippen molar-refractivity contribution in [3.8, 4) is 0 Å². The second kappa shape index (κ2) is 7.41. The second-order valence-electron chi connectivity index (χ2n) is 10.4. The van der Waals surface area contributed by atoms with Crippen LogP contribution in [0.3, 0.4) is 0 Å². The first-order valence-corrected chi connectivity index (χ1v) is 12.1. The highest BCUT2D eigenvalue weighted by Crippen LogP contribution is 2.61. The van der Waals surface area contributed by atoms with Gasteiger partial charge in [0.25, 0.3) is 0 Å². The van der Waals surface area contributed by atoms with Gasteiger partial charge in [0.05, 0.1) is 0 Å². The topological polar surface area (TPSA) is 57.2 Å². The SMILES string of the molecule is CC1=C(C(O)(c2ccccc2)c2ccccc2)O[C@@H]2O[C@]3(C)CC[C@H]4[C@H](C)CC[C@@H]1[C@@]24OO3. The lowest BCUT2D eigenvalue weighted by Gasteiger charge is -2.58. The Labute approximate surface area is 195 Å². The molecule has 5 nitrogen and oxygen atoms in total. The molecular weight excluding hydrogens is 416 g/mol. The summed E-state index contributed by atoms with van der Waals surface area (Å²) in [4.78, 5) is 12.2. The highest BCUT2D eigenvalue weighted by atomic mass is 17.3. The molecule has 0 radical (unpaired) electrons. The van der Waals surface area contributed by atoms with Gasteiger partial charge in [0.2, 0.25) is 12.1 Å². The molecule has 4 heterocycles. The van der Waals surface area contributed by atoms with E-state index in [1.807, 2.05) is 67.6 Å². The normalized spacial score (nSPS) is 37.8. The summed E-state index contributed by atoms with van der Waals surface area (Å²) < 4.78 is 13.2. The van der Waals surface area contributed by atoms with Gasteiger partial charge in [0.1, 0.15) is 5.76 Å². The van der Waals surface area contributed by atoms with Crippen LogP contribution in [0, 0.1) is 17.8 Å². The third kappa shape index (κ3) is 2.93. The maximum Gasteiger partial charge on any atom is 0.235 e. The van der Waals surface area contributed by atoms with E-state index in [0.717, 1.165) is 42.4 Å². The largest absolute Gasteiger partial charge is 0.462 e. The minimum absolute atomic E-state index is 0.0362. The third-order valence-electron chi connectivity index (χ3n) is 8.54. The second-order valence-corrected chi connectivity index (χ2v) is 10.4. The summed E-state index contributed by atoms with van der Waals surface area (Å²) in [6.45, 7) is 6.30. The van der Waals surface area contributed by atoms with Crippen molar-refractivity contribution in [2.24, 2.45) is 17.8 Å². The summed E-state index contributed by atoms with van der Waals surface area (Å²) in [5.74, 6) is 0.480. The van der Waals surface area contributed by atoms with Crippen LogP contribution in [0.5, 0.6) is 0 Å². The molecule has 7 rings (SSSR count). The Kier molecular flexibility index (Phi) is 4.80. The van der Waals surface area contributed by atoms with E-state index in [0.29, 0.717) is 11.7 Å². The Morgan fingerprint density at radius 2 is 1.55 bits per heavy atom. The van der Waals surface area contributed by atoms with Crippen LogP contribution in [0.25, 0.3) is 0 Å². The first-order valence-electron chi connectivity index (χ1n) is 12.1. The lowest BCUT2D eigenvalue weighted by Crippen LogP contribution is -2.67. The molecule has 33 heavy (non-hydrogen) atoms. The van der Waals surface area contributed by atoms with Gasteiger partial charge in [-0.3, -0.25) is 0 Å². The average Bonchev–Trinajstić information content (AvgIpc) is 3.08. The van der Waals surface area contributed by atoms with Crippen LogP contribution in [0.15, 0.2) is 72.0 Å². The fourth-order valence-corrected chi connectivity index (χ4v) is 6.77. The van der Waals surface area contributed by atoms with Crippen molar-refractivity contribution in [1.82, 2.24) is 0 Å². The lowest BCUT2D eigenvalue weighted by molar-refractivity contribution is -0.557. The third-order valence-corrected chi connectivity index (χ3v) is 8.54. The Bertz CT molecular complexity index is 1030. The predicted molar refractivity (Wildman–Crippen MR) is 122 cm³/mol. The molecule has 4 fully saturated rings. The summed E-state index contributed by atoms with van der Waals surface area (Å²) in [5.41, 5.74) is 0.406. The van der Waals surface area contributed by atoms with Crippen LogP contribution < -0.4 is 0 Å². The number of aliphatic hydroxyl groups is 1. The Morgan fingerprint density at radius 1 is 0.909 bits per heavy atom. The van der Waals surface area contributed by atoms with E-state index < -0.39 is 23.3 Å². The van der Waals surface area contributed by atoms with Gasteiger partial charge < -0.3 is 14.6 Å². The summed E-state index contributed by atoms with van der Waals surface area (Å²) >= 11 is 0. The van der Waals surface area contributed by atoms with Crippen molar-refractivity contribution < 1.29 is 24.4 Å². The van der Waals surface area contributed by atoms with E-state index in [-0.39, 0.29) is 11.8 Å². The monoisotopic (exact) mass is 448 g/mol. The number of hydrogen-bond donors (Lipinski definition) is 1. The van der Waals surface area contributed by atoms with Gasteiger partial charge in [-0.25, -0.2) is 9.78 Å². The maximum atomic E-state index is 12.5. The van der Waals surface area contributed by atoms with Gasteiger partial charge in [-0.15, -0.1) is 0 Å². The van der Waals surface area contributed by atoms with Gasteiger partial charge in [0, 0.05) is 18.3 Å². The van der Waals surface area contributed by atoms with Crippen LogP contribution in [0.4, 0.5) is 0 Å². The smallest absolute Gasteiger partial charge is 0.235 e. The molecule has 0 unspecified atom stereocenters. The minimum atomic E-state index is -1.44. The average molecular weight is 449 g/mol. The van der Waals surface area contributed by atoms with Crippen molar-refractivity contribution in [3.05, 3.63) is 83.1 Å². The predicted octanol–water partition coefficient (Wildman–Crippen LogP) is 5.44. The lowest BCUT2D eigenvalue weighted by atomic mass is 9.59. The van der Waals surface area contributed by atoms with Gasteiger partial charge in [0.15, 0.2) is 11.2 Å². The van der Waals surface area contributed by atoms with Crippen molar-refractivity contribution in [2.75, 3.05) is 0 Å². The summed E-state index contributed by atoms with van der Waals surface area (Å²) in [7, 11) is 0. The Balaban J connectivity index is 1.56. The highest BCUT2D eigenvalue weighted by molar-refractivity contribution is 5.46. The summed E-state index contributed by atoms with van der Waals surface area (Å²) in [5, 5.41) is 12.5. The molecule has 2 aromatic rings. The molecule has 6 atom stereocenters. The van der Waals surface area contributed by atoms with Gasteiger partial charge in [-0.2, -0.15) is 0 Å². The molecular formula is C28H32O5. The number of rotatable bonds is 3. The van der Waals surface area contributed by atoms with E-state index in [9.17, 15) is 5.11 Å². The molecule has 2 aromatic carbocycles. The standard InChI is InChI=1S/C28H32O5/c1-18-14-15-23-19(2)24(30-25-28(23)22(18)16-17-26(3,31-25)32-33-28)27(29,20-10-6-4-7-11-20)21-12-8-5-9-13-21/h4-13,18,22-23,25,29H,14-17H2,1-3H3/t18-,22+,23+,25-,26+,28-/m1/s1. The molecule has 1 spiro atoms. The number of benzene rings is 2. The van der Waals surface area contributed by atoms with E-state index in [1.165, 1.54) is 0 Å². The van der Waals surface area contributed by atoms with E-state index >= 15 is 0 Å². The summed E-state index contributed by atoms with van der Waals surface area (Å²) in [6.07, 6.45) is 3.12. The molecule has 3 saturated heterocycles. The van der Waals surface area contributed by atoms with Gasteiger partial charge >= 0.3 is 0 Å². The molecule has 5 aliphatic rings. The number of ether oxygens (including phenoxy) is 2. The van der Waals surface area contributed by atoms with Gasteiger partial charge in [-0.1, -0.05) is 67.6 Å². The Morgan fingerprint density at radius 3 is 2.18 bits per heavy atom. The highest BCUT2D eigenvalue weighted by Gasteiger charge is 2.69. The fourth-order valence-electron chi connectivity index (χ4n) is 6.77. The molecule has 174 valence electrons. The number of fused-ring (bicyclic) bond motifs is 2. The van der Waals surface area contributed by atoms with Crippen LogP contribution in [-0.4, -0.2) is 22.8 Å². The molecule has 1 saturated carbocycles. The quantitative estimate of drug-likeness (QED) is 0.634. The minimum Gasteiger partial charge on any atom is -0.462 e. The number of hydrogen-bond acceptors (Lipinski definition) is 5. The molecule has 5 heteroatoms. The van der Waals surface area contributed by atoms with Crippen LogP contribution in [0.2, 0.25) is 0 Å². The molecule has 0 aromatic heterocycles. The van der Waals surface area contributed by atoms with Crippen molar-refractivity contribution in [2.45, 2.75) is 69.7 Å². The van der Waals surface area contributed by atoms with E-state index in [1.54, 1.807) is 0 Å². The zero-order valence-electron chi connectivity index (χ0n) is 19.5. The molecule has 4 aliphatic heterocycles. The van der Waals surface area contributed by atoms with Crippen LogP contribution in [0.1, 0.15) is 57.6 Å². The van der Waals surface area contributed by atoms with E-state index in [4.69, 9.17) is 19.2 Å². The first-order chi connectivity index (χ1) is 15.9. The zero-order chi connectivity index (χ0) is 22.8. The van der Waals surface area contributed by atoms with Crippen molar-refractivity contribution >= 4 is 0 Å². The van der Waals surface area contributed by atoms with Crippen molar-refractivity contribution in [1.29, 1.82) is 0 Å². The molecule has 0 amide bonds. The van der Waals surface area contributed by atoms with Crippen molar-refractivity contribution in [3.63, 3.8) is 0 Å². The molecule has 1 N–H and O–H groups in total. The van der Waals surface area contributed by atoms with Crippen LogP contribution >= 0.6 is 0 Å². The summed E-state index contributed by atoms with van der Waals surface area (Å²) in [6, 6.07) is 19.5. The molecule has 2 bridgehead atoms. The first kappa shape index (κ1) is 21.4. The fraction of sp³-hybridized carbons (Fsp3) is 0.500. The van der Waals surface area contributed by atoms with Gasteiger partial charge in [-0.05, 0) is 55.7 Å². The zero-order valence-corrected chi connectivity index (χ0v) is 19.5.